The lowest BCUT2D eigenvalue weighted by atomic mass is 10.0. The molecule has 2 atom stereocenters. The Morgan fingerprint density at radius 1 is 1.07 bits per heavy atom. The van der Waals surface area contributed by atoms with E-state index in [1.165, 1.54) is 5.56 Å². The third kappa shape index (κ3) is 8.12. The molecule has 27 heavy (non-hydrogen) atoms. The van der Waals surface area contributed by atoms with Crippen molar-refractivity contribution in [2.75, 3.05) is 6.26 Å². The number of amides is 1. The minimum Gasteiger partial charge on any atom is -0.354 e. The molecule has 2 aromatic rings. The third-order valence-electron chi connectivity index (χ3n) is 4.13. The fourth-order valence-corrected chi connectivity index (χ4v) is 3.66. The molecule has 2 rings (SSSR count). The van der Waals surface area contributed by atoms with Crippen LogP contribution in [0.15, 0.2) is 54.6 Å². The Bertz CT molecular complexity index is 839. The standard InChI is InChI=1S/C20H25ClN2O3S/c1-15(8-9-16-6-4-3-5-7-16)22-20(24)14-19(23-27(2,25)26)17-10-12-18(21)13-11-17/h3-7,10-13,15,19,23H,8-9,14H2,1-2H3,(H,22,24)/t15-,19+/m1/s1. The molecule has 0 spiro atoms. The Balaban J connectivity index is 1.95. The van der Waals surface area contributed by atoms with E-state index >= 15 is 0 Å². The molecule has 0 heterocycles. The highest BCUT2D eigenvalue weighted by molar-refractivity contribution is 7.88. The van der Waals surface area contributed by atoms with Gasteiger partial charge in [0.15, 0.2) is 0 Å². The Morgan fingerprint density at radius 2 is 1.70 bits per heavy atom. The van der Waals surface area contributed by atoms with Gasteiger partial charge in [-0.2, -0.15) is 0 Å². The normalized spacial score (nSPS) is 13.7. The molecule has 0 saturated carbocycles. The molecule has 7 heteroatoms. The summed E-state index contributed by atoms with van der Waals surface area (Å²) in [6.07, 6.45) is 2.77. The molecule has 0 saturated heterocycles. The molecule has 0 aromatic heterocycles. The zero-order chi connectivity index (χ0) is 19.9. The van der Waals surface area contributed by atoms with Crippen LogP contribution in [0.4, 0.5) is 0 Å². The van der Waals surface area contributed by atoms with Crippen LogP contribution >= 0.6 is 11.6 Å². The minimum absolute atomic E-state index is 0.0122. The Kier molecular flexibility index (Phi) is 7.83. The zero-order valence-corrected chi connectivity index (χ0v) is 17.1. The highest BCUT2D eigenvalue weighted by Gasteiger charge is 2.20. The van der Waals surface area contributed by atoms with E-state index in [1.807, 2.05) is 25.1 Å². The van der Waals surface area contributed by atoms with Crippen LogP contribution in [0.5, 0.6) is 0 Å². The average molecular weight is 409 g/mol. The van der Waals surface area contributed by atoms with Gasteiger partial charge < -0.3 is 5.32 Å². The number of nitrogens with one attached hydrogen (secondary N) is 2. The molecule has 1 amide bonds. The number of rotatable bonds is 9. The van der Waals surface area contributed by atoms with E-state index in [4.69, 9.17) is 11.6 Å². The van der Waals surface area contributed by atoms with Crippen LogP contribution in [-0.4, -0.2) is 26.6 Å². The lowest BCUT2D eigenvalue weighted by molar-refractivity contribution is -0.122. The summed E-state index contributed by atoms with van der Waals surface area (Å²) < 4.78 is 25.9. The maximum Gasteiger partial charge on any atom is 0.222 e. The lowest BCUT2D eigenvalue weighted by Gasteiger charge is -2.20. The number of hydrogen-bond donors (Lipinski definition) is 2. The van der Waals surface area contributed by atoms with Gasteiger partial charge in [0.05, 0.1) is 12.3 Å². The van der Waals surface area contributed by atoms with Crippen molar-refractivity contribution >= 4 is 27.5 Å². The van der Waals surface area contributed by atoms with E-state index in [9.17, 15) is 13.2 Å². The molecular formula is C20H25ClN2O3S. The maximum absolute atomic E-state index is 12.4. The third-order valence-corrected chi connectivity index (χ3v) is 5.10. The summed E-state index contributed by atoms with van der Waals surface area (Å²) in [6.45, 7) is 1.95. The zero-order valence-electron chi connectivity index (χ0n) is 15.5. The number of aryl methyl sites for hydroxylation is 1. The summed E-state index contributed by atoms with van der Waals surface area (Å²) in [6, 6.07) is 16.2. The van der Waals surface area contributed by atoms with Gasteiger partial charge in [-0.15, -0.1) is 0 Å². The minimum atomic E-state index is -3.46. The number of sulfonamides is 1. The Labute approximate surface area is 166 Å². The molecule has 2 N–H and O–H groups in total. The highest BCUT2D eigenvalue weighted by Crippen LogP contribution is 2.20. The first-order valence-corrected chi connectivity index (χ1v) is 11.1. The van der Waals surface area contributed by atoms with Crippen LogP contribution in [0.2, 0.25) is 5.02 Å². The largest absolute Gasteiger partial charge is 0.354 e. The first-order valence-electron chi connectivity index (χ1n) is 8.79. The van der Waals surface area contributed by atoms with Gasteiger partial charge in [-0.05, 0) is 43.0 Å². The molecular weight excluding hydrogens is 384 g/mol. The summed E-state index contributed by atoms with van der Waals surface area (Å²) in [5.41, 5.74) is 1.91. The van der Waals surface area contributed by atoms with Crippen LogP contribution in [0, 0.1) is 0 Å². The van der Waals surface area contributed by atoms with E-state index < -0.39 is 16.1 Å². The van der Waals surface area contributed by atoms with Crippen LogP contribution in [-0.2, 0) is 21.2 Å². The summed E-state index contributed by atoms with van der Waals surface area (Å²) in [5, 5.41) is 3.50. The van der Waals surface area contributed by atoms with Crippen molar-refractivity contribution in [2.45, 2.75) is 38.3 Å². The van der Waals surface area contributed by atoms with Crippen molar-refractivity contribution < 1.29 is 13.2 Å². The summed E-state index contributed by atoms with van der Waals surface area (Å²) in [7, 11) is -3.46. The van der Waals surface area contributed by atoms with Crippen molar-refractivity contribution in [3.05, 3.63) is 70.7 Å². The fourth-order valence-electron chi connectivity index (χ4n) is 2.80. The first-order chi connectivity index (χ1) is 12.7. The van der Waals surface area contributed by atoms with Gasteiger partial charge in [0.1, 0.15) is 0 Å². The van der Waals surface area contributed by atoms with Crippen molar-refractivity contribution in [3.63, 3.8) is 0 Å². The maximum atomic E-state index is 12.4. The number of carbonyl (C=O) groups is 1. The van der Waals surface area contributed by atoms with E-state index in [1.54, 1.807) is 24.3 Å². The molecule has 0 fully saturated rings. The topological polar surface area (TPSA) is 75.3 Å². The second kappa shape index (κ2) is 9.88. The van der Waals surface area contributed by atoms with Crippen LogP contribution in [0.25, 0.3) is 0 Å². The molecule has 5 nitrogen and oxygen atoms in total. The Hall–Kier alpha value is -1.89. The number of benzene rings is 2. The summed E-state index contributed by atoms with van der Waals surface area (Å²) >= 11 is 5.89. The Morgan fingerprint density at radius 3 is 2.30 bits per heavy atom. The molecule has 146 valence electrons. The monoisotopic (exact) mass is 408 g/mol. The fraction of sp³-hybridized carbons (Fsp3) is 0.350. The van der Waals surface area contributed by atoms with Gasteiger partial charge in [0.2, 0.25) is 15.9 Å². The number of halogens is 1. The van der Waals surface area contributed by atoms with E-state index in [0.29, 0.717) is 10.6 Å². The van der Waals surface area contributed by atoms with Crippen molar-refractivity contribution in [1.29, 1.82) is 0 Å². The predicted molar refractivity (Wildman–Crippen MR) is 109 cm³/mol. The number of hydrogen-bond acceptors (Lipinski definition) is 3. The van der Waals surface area contributed by atoms with Gasteiger partial charge in [0.25, 0.3) is 0 Å². The summed E-state index contributed by atoms with van der Waals surface area (Å²) in [5.74, 6) is -0.202. The van der Waals surface area contributed by atoms with Crippen LogP contribution in [0.1, 0.15) is 36.9 Å². The molecule has 0 aliphatic carbocycles. The molecule has 0 bridgehead atoms. The van der Waals surface area contributed by atoms with Gasteiger partial charge in [-0.1, -0.05) is 54.1 Å². The smallest absolute Gasteiger partial charge is 0.222 e. The van der Waals surface area contributed by atoms with E-state index in [0.717, 1.165) is 19.1 Å². The van der Waals surface area contributed by atoms with Crippen molar-refractivity contribution in [3.8, 4) is 0 Å². The molecule has 0 unspecified atom stereocenters. The summed E-state index contributed by atoms with van der Waals surface area (Å²) in [4.78, 5) is 12.4. The van der Waals surface area contributed by atoms with Crippen molar-refractivity contribution in [2.24, 2.45) is 0 Å². The lowest BCUT2D eigenvalue weighted by Crippen LogP contribution is -2.37. The highest BCUT2D eigenvalue weighted by atomic mass is 35.5. The van der Waals surface area contributed by atoms with Crippen LogP contribution < -0.4 is 10.0 Å². The second-order valence-corrected chi connectivity index (χ2v) is 8.91. The second-order valence-electron chi connectivity index (χ2n) is 6.69. The quantitative estimate of drug-likeness (QED) is 0.667. The van der Waals surface area contributed by atoms with Crippen molar-refractivity contribution in [1.82, 2.24) is 10.0 Å². The molecule has 0 aliphatic heterocycles. The molecule has 0 aliphatic rings. The first kappa shape index (κ1) is 21.4. The number of carbonyl (C=O) groups excluding carboxylic acids is 1. The predicted octanol–water partition coefficient (Wildman–Crippen LogP) is 3.46. The van der Waals surface area contributed by atoms with Gasteiger partial charge in [-0.25, -0.2) is 13.1 Å². The average Bonchev–Trinajstić information content (AvgIpc) is 2.60. The van der Waals surface area contributed by atoms with Gasteiger partial charge in [0, 0.05) is 17.5 Å². The van der Waals surface area contributed by atoms with Gasteiger partial charge >= 0.3 is 0 Å². The molecule has 2 aromatic carbocycles. The molecule has 0 radical (unpaired) electrons. The van der Waals surface area contributed by atoms with Gasteiger partial charge in [-0.3, -0.25) is 4.79 Å². The van der Waals surface area contributed by atoms with Crippen LogP contribution in [0.3, 0.4) is 0 Å². The SMILES string of the molecule is C[C@H](CCc1ccccc1)NC(=O)C[C@H](NS(C)(=O)=O)c1ccc(Cl)cc1. The van der Waals surface area contributed by atoms with E-state index in [-0.39, 0.29) is 18.4 Å². The van der Waals surface area contributed by atoms with E-state index in [2.05, 4.69) is 22.2 Å².